The van der Waals surface area contributed by atoms with Gasteiger partial charge in [-0.15, -0.1) is 0 Å². The summed E-state index contributed by atoms with van der Waals surface area (Å²) in [7, 11) is 0. The molecule has 1 aliphatic heterocycles. The molecule has 1 saturated heterocycles. The smallest absolute Gasteiger partial charge is 0.0667 e. The number of anilines is 1. The minimum absolute atomic E-state index is 0.492. The number of hydrogen-bond acceptors (Lipinski definition) is 2. The molecule has 76 valence electrons. The first kappa shape index (κ1) is 9.53. The van der Waals surface area contributed by atoms with E-state index < -0.39 is 0 Å². The van der Waals surface area contributed by atoms with E-state index in [2.05, 4.69) is 36.5 Å². The number of rotatable bonds is 2. The maximum Gasteiger partial charge on any atom is 0.0667 e. The van der Waals surface area contributed by atoms with E-state index >= 15 is 0 Å². The standard InChI is InChI=1S/C12H17NO/c1-10-4-6-11(7-5-10)13-12-3-2-8-14-9-12/h4-7,12-13H,2-3,8-9H2,1H3. The zero-order chi connectivity index (χ0) is 9.80. The quantitative estimate of drug-likeness (QED) is 0.775. The van der Waals surface area contributed by atoms with Crippen LogP contribution >= 0.6 is 0 Å². The summed E-state index contributed by atoms with van der Waals surface area (Å²) in [5.41, 5.74) is 2.50. The lowest BCUT2D eigenvalue weighted by Gasteiger charge is -2.24. The second-order valence-electron chi connectivity index (χ2n) is 3.92. The van der Waals surface area contributed by atoms with Crippen molar-refractivity contribution in [1.29, 1.82) is 0 Å². The van der Waals surface area contributed by atoms with Crippen LogP contribution in [-0.2, 0) is 4.74 Å². The Morgan fingerprint density at radius 2 is 2.07 bits per heavy atom. The van der Waals surface area contributed by atoms with Crippen LogP contribution in [0, 0.1) is 6.92 Å². The maximum atomic E-state index is 5.42. The van der Waals surface area contributed by atoms with Gasteiger partial charge < -0.3 is 10.1 Å². The van der Waals surface area contributed by atoms with E-state index in [1.54, 1.807) is 0 Å². The number of nitrogens with one attached hydrogen (secondary N) is 1. The normalized spacial score (nSPS) is 21.9. The van der Waals surface area contributed by atoms with Crippen molar-refractivity contribution in [2.75, 3.05) is 18.5 Å². The van der Waals surface area contributed by atoms with Crippen molar-refractivity contribution in [1.82, 2.24) is 0 Å². The number of aryl methyl sites for hydroxylation is 1. The van der Waals surface area contributed by atoms with Crippen molar-refractivity contribution in [3.8, 4) is 0 Å². The Balaban J connectivity index is 1.92. The van der Waals surface area contributed by atoms with E-state index in [-0.39, 0.29) is 0 Å². The Labute approximate surface area is 85.3 Å². The van der Waals surface area contributed by atoms with Crippen LogP contribution in [-0.4, -0.2) is 19.3 Å². The number of hydrogen-bond donors (Lipinski definition) is 1. The van der Waals surface area contributed by atoms with Crippen LogP contribution in [0.3, 0.4) is 0 Å². The minimum atomic E-state index is 0.492. The summed E-state index contributed by atoms with van der Waals surface area (Å²) in [6, 6.07) is 9.01. The predicted octanol–water partition coefficient (Wildman–Crippen LogP) is 2.59. The van der Waals surface area contributed by atoms with Gasteiger partial charge >= 0.3 is 0 Å². The topological polar surface area (TPSA) is 21.3 Å². The molecular formula is C12H17NO. The lowest BCUT2D eigenvalue weighted by molar-refractivity contribution is 0.0876. The van der Waals surface area contributed by atoms with Crippen molar-refractivity contribution < 1.29 is 4.74 Å². The van der Waals surface area contributed by atoms with Crippen molar-refractivity contribution >= 4 is 5.69 Å². The van der Waals surface area contributed by atoms with Gasteiger partial charge in [-0.25, -0.2) is 0 Å². The minimum Gasteiger partial charge on any atom is -0.380 e. The summed E-state index contributed by atoms with van der Waals surface area (Å²) in [5, 5.41) is 3.48. The summed E-state index contributed by atoms with van der Waals surface area (Å²) in [6.45, 7) is 3.87. The summed E-state index contributed by atoms with van der Waals surface area (Å²) in [6.07, 6.45) is 2.39. The molecule has 2 nitrogen and oxygen atoms in total. The van der Waals surface area contributed by atoms with Gasteiger partial charge in [0.25, 0.3) is 0 Å². The number of benzene rings is 1. The monoisotopic (exact) mass is 191 g/mol. The highest BCUT2D eigenvalue weighted by Crippen LogP contribution is 2.14. The lowest BCUT2D eigenvalue weighted by atomic mass is 10.1. The fourth-order valence-electron chi connectivity index (χ4n) is 1.74. The molecule has 1 N–H and O–H groups in total. The molecule has 2 rings (SSSR count). The average Bonchev–Trinajstić information content (AvgIpc) is 2.23. The van der Waals surface area contributed by atoms with E-state index in [0.717, 1.165) is 13.2 Å². The van der Waals surface area contributed by atoms with Crippen molar-refractivity contribution in [3.63, 3.8) is 0 Å². The molecule has 0 radical (unpaired) electrons. The Morgan fingerprint density at radius 1 is 1.29 bits per heavy atom. The van der Waals surface area contributed by atoms with Crippen LogP contribution in [0.5, 0.6) is 0 Å². The molecule has 1 fully saturated rings. The third kappa shape index (κ3) is 2.48. The summed E-state index contributed by atoms with van der Waals surface area (Å²) >= 11 is 0. The molecule has 0 bridgehead atoms. The van der Waals surface area contributed by atoms with E-state index in [1.807, 2.05) is 0 Å². The predicted molar refractivity (Wildman–Crippen MR) is 58.6 cm³/mol. The highest BCUT2D eigenvalue weighted by Gasteiger charge is 2.12. The zero-order valence-corrected chi connectivity index (χ0v) is 8.62. The highest BCUT2D eigenvalue weighted by atomic mass is 16.5. The molecule has 1 unspecified atom stereocenters. The third-order valence-corrected chi connectivity index (χ3v) is 2.58. The van der Waals surface area contributed by atoms with E-state index in [0.29, 0.717) is 6.04 Å². The number of ether oxygens (including phenoxy) is 1. The van der Waals surface area contributed by atoms with Gasteiger partial charge in [0.1, 0.15) is 0 Å². The van der Waals surface area contributed by atoms with Gasteiger partial charge in [0.15, 0.2) is 0 Å². The Bertz CT molecular complexity index is 275. The SMILES string of the molecule is Cc1ccc(NC2CCCOC2)cc1. The molecule has 1 heterocycles. The van der Waals surface area contributed by atoms with Gasteiger partial charge in [-0.3, -0.25) is 0 Å². The molecule has 0 spiro atoms. The van der Waals surface area contributed by atoms with E-state index in [4.69, 9.17) is 4.74 Å². The zero-order valence-electron chi connectivity index (χ0n) is 8.62. The Hall–Kier alpha value is -1.02. The molecule has 1 atom stereocenters. The van der Waals surface area contributed by atoms with Crippen LogP contribution in [0.1, 0.15) is 18.4 Å². The van der Waals surface area contributed by atoms with Crippen LogP contribution in [0.4, 0.5) is 5.69 Å². The average molecular weight is 191 g/mol. The molecule has 2 heteroatoms. The van der Waals surface area contributed by atoms with Gasteiger partial charge in [0.05, 0.1) is 6.61 Å². The van der Waals surface area contributed by atoms with Crippen molar-refractivity contribution in [2.24, 2.45) is 0 Å². The maximum absolute atomic E-state index is 5.42. The Kier molecular flexibility index (Phi) is 3.04. The van der Waals surface area contributed by atoms with Gasteiger partial charge in [-0.2, -0.15) is 0 Å². The largest absolute Gasteiger partial charge is 0.380 e. The van der Waals surface area contributed by atoms with Crippen molar-refractivity contribution in [2.45, 2.75) is 25.8 Å². The first-order chi connectivity index (χ1) is 6.84. The van der Waals surface area contributed by atoms with Gasteiger partial charge in [0, 0.05) is 18.3 Å². The molecule has 0 amide bonds. The van der Waals surface area contributed by atoms with Gasteiger partial charge in [-0.1, -0.05) is 17.7 Å². The van der Waals surface area contributed by atoms with Crippen molar-refractivity contribution in [3.05, 3.63) is 29.8 Å². The first-order valence-corrected chi connectivity index (χ1v) is 5.25. The lowest BCUT2D eigenvalue weighted by Crippen LogP contribution is -2.29. The molecule has 14 heavy (non-hydrogen) atoms. The highest BCUT2D eigenvalue weighted by molar-refractivity contribution is 5.45. The molecule has 1 aromatic rings. The first-order valence-electron chi connectivity index (χ1n) is 5.25. The Morgan fingerprint density at radius 3 is 2.71 bits per heavy atom. The van der Waals surface area contributed by atoms with Crippen LogP contribution in [0.2, 0.25) is 0 Å². The molecule has 1 aromatic carbocycles. The summed E-state index contributed by atoms with van der Waals surface area (Å²) < 4.78 is 5.42. The molecule has 0 saturated carbocycles. The molecule has 1 aliphatic rings. The second-order valence-corrected chi connectivity index (χ2v) is 3.92. The van der Waals surface area contributed by atoms with Crippen LogP contribution in [0.15, 0.2) is 24.3 Å². The molecule has 0 aliphatic carbocycles. The summed E-state index contributed by atoms with van der Waals surface area (Å²) in [5.74, 6) is 0. The van der Waals surface area contributed by atoms with Gasteiger partial charge in [0.2, 0.25) is 0 Å². The van der Waals surface area contributed by atoms with Crippen LogP contribution < -0.4 is 5.32 Å². The van der Waals surface area contributed by atoms with E-state index in [1.165, 1.54) is 24.1 Å². The second kappa shape index (κ2) is 4.47. The fourth-order valence-corrected chi connectivity index (χ4v) is 1.74. The molecular weight excluding hydrogens is 174 g/mol. The van der Waals surface area contributed by atoms with E-state index in [9.17, 15) is 0 Å². The molecule has 0 aromatic heterocycles. The third-order valence-electron chi connectivity index (χ3n) is 2.58. The van der Waals surface area contributed by atoms with Gasteiger partial charge in [-0.05, 0) is 31.9 Å². The summed E-state index contributed by atoms with van der Waals surface area (Å²) in [4.78, 5) is 0. The van der Waals surface area contributed by atoms with Crippen LogP contribution in [0.25, 0.3) is 0 Å². The fraction of sp³-hybridized carbons (Fsp3) is 0.500.